The van der Waals surface area contributed by atoms with Crippen molar-refractivity contribution in [3.05, 3.63) is 82.3 Å². The molecule has 0 fully saturated rings. The Morgan fingerprint density at radius 3 is 1.27 bits per heavy atom. The summed E-state index contributed by atoms with van der Waals surface area (Å²) >= 11 is 0. The molecule has 5 heteroatoms. The number of fused-ring (bicyclic) bond motifs is 2. The molecule has 224 valence electrons. The Morgan fingerprint density at radius 1 is 0.585 bits per heavy atom. The Hall–Kier alpha value is -1.83. The quantitative estimate of drug-likeness (QED) is 0.224. The molecule has 0 amide bonds. The van der Waals surface area contributed by atoms with Crippen molar-refractivity contribution >= 4 is 36.9 Å². The van der Waals surface area contributed by atoms with Crippen molar-refractivity contribution in [2.75, 3.05) is 0 Å². The zero-order valence-corrected chi connectivity index (χ0v) is 31.1. The van der Waals surface area contributed by atoms with Gasteiger partial charge in [-0.15, -0.1) is 0 Å². The van der Waals surface area contributed by atoms with Gasteiger partial charge in [-0.25, -0.2) is 0 Å². The first-order chi connectivity index (χ1) is 19.0. The largest absolute Gasteiger partial charge is 0.546 e. The molecule has 0 saturated carbocycles. The summed E-state index contributed by atoms with van der Waals surface area (Å²) in [5, 5.41) is 0.393. The topological polar surface area (TPSA) is 18.5 Å². The van der Waals surface area contributed by atoms with Gasteiger partial charge in [0.2, 0.25) is 16.6 Å². The van der Waals surface area contributed by atoms with Gasteiger partial charge >= 0.3 is 0 Å². The van der Waals surface area contributed by atoms with E-state index in [-0.39, 0.29) is 10.1 Å². The van der Waals surface area contributed by atoms with E-state index in [0.717, 1.165) is 0 Å². The SMILES string of the molecule is CCCC(C)(C)[Si](C)(C)OC1=Cc2ccccc2C1[Si](C)(C)C1C(O[Si](C)(C)C(C)(C)CCC)=Cc2ccccc21. The number of benzene rings is 2. The second-order valence-electron chi connectivity index (χ2n) is 15.5. The molecule has 0 saturated heterocycles. The Balaban J connectivity index is 1.80. The number of hydrogen-bond acceptors (Lipinski definition) is 2. The van der Waals surface area contributed by atoms with Gasteiger partial charge in [-0.05, 0) is 83.5 Å². The maximum atomic E-state index is 7.35. The van der Waals surface area contributed by atoms with Crippen LogP contribution in [-0.4, -0.2) is 24.7 Å². The molecule has 0 bridgehead atoms. The first-order valence-electron chi connectivity index (χ1n) is 16.0. The summed E-state index contributed by atoms with van der Waals surface area (Å²) < 4.78 is 14.7. The van der Waals surface area contributed by atoms with Crippen molar-refractivity contribution in [3.63, 3.8) is 0 Å². The second-order valence-corrected chi connectivity index (χ2v) is 29.5. The standard InChI is InChI=1S/C36H56O2Si3/c1-13-23-35(3,4)40(9,10)37-31-25-27-19-15-17-21-29(27)33(31)39(7,8)34-30-22-18-16-20-28(30)26-32(34)38-41(11,12)36(5,6)24-14-2/h15-22,25-26,33-34H,13-14,23-24H2,1-12H3. The molecule has 2 aliphatic carbocycles. The summed E-state index contributed by atoms with van der Waals surface area (Å²) in [6.45, 7) is 29.2. The first kappa shape index (κ1) is 32.1. The van der Waals surface area contributed by atoms with Crippen molar-refractivity contribution in [2.45, 2.75) is 128 Å². The summed E-state index contributed by atoms with van der Waals surface area (Å²) in [6, 6.07) is 18.1. The van der Waals surface area contributed by atoms with Gasteiger partial charge in [0.15, 0.2) is 0 Å². The van der Waals surface area contributed by atoms with Gasteiger partial charge in [0.1, 0.15) is 0 Å². The van der Waals surface area contributed by atoms with Crippen LogP contribution in [0.2, 0.25) is 49.4 Å². The fourth-order valence-electron chi connectivity index (χ4n) is 7.19. The van der Waals surface area contributed by atoms with Gasteiger partial charge in [-0.3, -0.25) is 0 Å². The molecule has 41 heavy (non-hydrogen) atoms. The molecule has 2 nitrogen and oxygen atoms in total. The highest BCUT2D eigenvalue weighted by molar-refractivity contribution is 6.82. The van der Waals surface area contributed by atoms with Crippen LogP contribution < -0.4 is 0 Å². The summed E-state index contributed by atoms with van der Waals surface area (Å²) in [4.78, 5) is 0. The fourth-order valence-corrected chi connectivity index (χ4v) is 15.4. The Morgan fingerprint density at radius 2 is 0.927 bits per heavy atom. The molecule has 2 atom stereocenters. The van der Waals surface area contributed by atoms with Crippen LogP contribution in [0.25, 0.3) is 12.2 Å². The van der Waals surface area contributed by atoms with Gasteiger partial charge in [0.05, 0.1) is 19.6 Å². The highest BCUT2D eigenvalue weighted by Crippen LogP contribution is 2.56. The van der Waals surface area contributed by atoms with Crippen LogP contribution in [0, 0.1) is 0 Å². The molecule has 2 unspecified atom stereocenters. The van der Waals surface area contributed by atoms with E-state index >= 15 is 0 Å². The van der Waals surface area contributed by atoms with E-state index < -0.39 is 24.7 Å². The van der Waals surface area contributed by atoms with Gasteiger partial charge in [0.25, 0.3) is 0 Å². The van der Waals surface area contributed by atoms with Gasteiger partial charge in [-0.1, -0.05) is 116 Å². The minimum absolute atomic E-state index is 0.197. The Labute approximate surface area is 254 Å². The third kappa shape index (κ3) is 5.88. The minimum Gasteiger partial charge on any atom is -0.546 e. The normalized spacial score (nSPS) is 19.4. The summed E-state index contributed by atoms with van der Waals surface area (Å²) in [7, 11) is -6.29. The molecule has 0 radical (unpaired) electrons. The average Bonchev–Trinajstić information content (AvgIpc) is 3.41. The summed E-state index contributed by atoms with van der Waals surface area (Å²) in [5.41, 5.74) is 6.15. The zero-order chi connectivity index (χ0) is 30.4. The molecule has 0 aromatic heterocycles. The van der Waals surface area contributed by atoms with Crippen molar-refractivity contribution in [2.24, 2.45) is 0 Å². The zero-order valence-electron chi connectivity index (χ0n) is 28.1. The lowest BCUT2D eigenvalue weighted by Gasteiger charge is -2.46. The minimum atomic E-state index is -2.16. The monoisotopic (exact) mass is 604 g/mol. The molecule has 2 aliphatic rings. The van der Waals surface area contributed by atoms with E-state index in [4.69, 9.17) is 8.85 Å². The highest BCUT2D eigenvalue weighted by atomic mass is 28.4. The highest BCUT2D eigenvalue weighted by Gasteiger charge is 2.53. The maximum absolute atomic E-state index is 7.35. The molecular weight excluding hydrogens is 549 g/mol. The van der Waals surface area contributed by atoms with Crippen molar-refractivity contribution in [1.29, 1.82) is 0 Å². The summed E-state index contributed by atoms with van der Waals surface area (Å²) in [5.74, 6) is 2.44. The van der Waals surface area contributed by atoms with Crippen LogP contribution in [0.3, 0.4) is 0 Å². The van der Waals surface area contributed by atoms with Crippen LogP contribution in [0.5, 0.6) is 0 Å². The van der Waals surface area contributed by atoms with E-state index in [1.54, 1.807) is 0 Å². The van der Waals surface area contributed by atoms with Gasteiger partial charge in [0, 0.05) is 11.1 Å². The third-order valence-corrected chi connectivity index (χ3v) is 23.7. The van der Waals surface area contributed by atoms with Crippen LogP contribution in [-0.2, 0) is 8.85 Å². The third-order valence-electron chi connectivity index (χ3n) is 11.0. The predicted octanol–water partition coefficient (Wildman–Crippen LogP) is 11.7. The lowest BCUT2D eigenvalue weighted by molar-refractivity contribution is 0.352. The Bertz CT molecular complexity index is 1220. The number of rotatable bonds is 12. The fraction of sp³-hybridized carbons (Fsp3) is 0.556. The molecule has 4 rings (SSSR count). The van der Waals surface area contributed by atoms with E-state index in [0.29, 0.717) is 11.1 Å². The molecule has 0 aliphatic heterocycles. The van der Waals surface area contributed by atoms with E-state index in [1.807, 2.05) is 0 Å². The average molecular weight is 605 g/mol. The lowest BCUT2D eigenvalue weighted by atomic mass is 10.1. The molecule has 2 aromatic rings. The first-order valence-corrected chi connectivity index (χ1v) is 25.0. The predicted molar refractivity (Wildman–Crippen MR) is 187 cm³/mol. The van der Waals surface area contributed by atoms with E-state index in [1.165, 1.54) is 59.5 Å². The molecule has 2 aromatic carbocycles. The lowest BCUT2D eigenvalue weighted by Crippen LogP contribution is -2.49. The molecule has 0 spiro atoms. The maximum Gasteiger partial charge on any atom is 0.250 e. The van der Waals surface area contributed by atoms with Crippen LogP contribution in [0.4, 0.5) is 0 Å². The van der Waals surface area contributed by atoms with E-state index in [2.05, 4.69) is 142 Å². The summed E-state index contributed by atoms with van der Waals surface area (Å²) in [6.07, 6.45) is 9.55. The smallest absolute Gasteiger partial charge is 0.250 e. The number of allylic oxidation sites excluding steroid dienone is 2. The number of hydrogen-bond donors (Lipinski definition) is 0. The van der Waals surface area contributed by atoms with Crippen molar-refractivity contribution in [1.82, 2.24) is 0 Å². The molecular formula is C36H56O2Si3. The van der Waals surface area contributed by atoms with Crippen molar-refractivity contribution < 1.29 is 8.85 Å². The molecule has 0 heterocycles. The molecule has 0 N–H and O–H groups in total. The van der Waals surface area contributed by atoms with E-state index in [9.17, 15) is 0 Å². The van der Waals surface area contributed by atoms with Crippen LogP contribution >= 0.6 is 0 Å². The van der Waals surface area contributed by atoms with Crippen LogP contribution in [0.1, 0.15) is 101 Å². The Kier molecular flexibility index (Phi) is 8.88. The van der Waals surface area contributed by atoms with Crippen molar-refractivity contribution in [3.8, 4) is 0 Å². The van der Waals surface area contributed by atoms with Gasteiger partial charge < -0.3 is 8.85 Å². The second kappa shape index (κ2) is 11.3. The van der Waals surface area contributed by atoms with Crippen LogP contribution in [0.15, 0.2) is 60.0 Å². The van der Waals surface area contributed by atoms with Gasteiger partial charge in [-0.2, -0.15) is 0 Å².